The van der Waals surface area contributed by atoms with Crippen LogP contribution >= 0.6 is 0 Å². The van der Waals surface area contributed by atoms with Crippen molar-refractivity contribution in [2.75, 3.05) is 13.2 Å². The molecule has 5 nitrogen and oxygen atoms in total. The van der Waals surface area contributed by atoms with Gasteiger partial charge < -0.3 is 4.74 Å². The van der Waals surface area contributed by atoms with Crippen LogP contribution in [0.25, 0.3) is 0 Å². The fourth-order valence-corrected chi connectivity index (χ4v) is 1.24. The van der Waals surface area contributed by atoms with E-state index in [0.717, 1.165) is 31.7 Å². The minimum absolute atomic E-state index is 0.573. The molecule has 1 aromatic rings. The van der Waals surface area contributed by atoms with Crippen molar-refractivity contribution in [2.24, 2.45) is 0 Å². The lowest BCUT2D eigenvalue weighted by atomic mass is 10.1. The van der Waals surface area contributed by atoms with Gasteiger partial charge in [-0.25, -0.2) is 5.10 Å². The van der Waals surface area contributed by atoms with Gasteiger partial charge in [-0.3, -0.25) is 0 Å². The summed E-state index contributed by atoms with van der Waals surface area (Å²) >= 11 is 0. The number of aromatic amines is 1. The number of hydrogen-bond acceptors (Lipinski definition) is 4. The second-order valence-electron chi connectivity index (χ2n) is 3.12. The fraction of sp³-hybridized carbons (Fsp3) is 0.778. The number of H-pyrrole nitrogens is 1. The predicted octanol–water partition coefficient (Wildman–Crippen LogP) is 1.15. The van der Waals surface area contributed by atoms with Crippen LogP contribution in [0.2, 0.25) is 0 Å². The molecule has 0 aliphatic rings. The Morgan fingerprint density at radius 1 is 1.21 bits per heavy atom. The molecule has 0 fully saturated rings. The minimum Gasteiger partial charge on any atom is -0.381 e. The molecule has 1 aromatic heterocycles. The van der Waals surface area contributed by atoms with Crippen LogP contribution in [0.4, 0.5) is 0 Å². The maximum atomic E-state index is 5.14. The summed E-state index contributed by atoms with van der Waals surface area (Å²) in [6, 6.07) is 0. The normalized spacial score (nSPS) is 10.6. The molecule has 0 bridgehead atoms. The quantitative estimate of drug-likeness (QED) is 0.635. The molecule has 0 aliphatic heterocycles. The molecule has 0 saturated carbocycles. The number of unbranched alkanes of at least 4 members (excludes halogenated alkanes) is 3. The van der Waals surface area contributed by atoms with E-state index in [9.17, 15) is 0 Å². The highest BCUT2D eigenvalue weighted by molar-refractivity contribution is 4.74. The highest BCUT2D eigenvalue weighted by Crippen LogP contribution is 2.03. The van der Waals surface area contributed by atoms with Gasteiger partial charge in [0.1, 0.15) is 5.82 Å². The first-order valence-electron chi connectivity index (χ1n) is 5.03. The molecule has 0 aliphatic carbocycles. The molecule has 79 valence electrons. The van der Waals surface area contributed by atoms with Gasteiger partial charge in [0.15, 0.2) is 0 Å². The zero-order chi connectivity index (χ0) is 10.1. The Labute approximate surface area is 84.2 Å². The molecule has 0 saturated heterocycles. The van der Waals surface area contributed by atoms with Gasteiger partial charge in [0.2, 0.25) is 0 Å². The van der Waals surface area contributed by atoms with E-state index in [0.29, 0.717) is 6.61 Å². The van der Waals surface area contributed by atoms with Crippen LogP contribution in [0, 0.1) is 6.92 Å². The molecule has 0 amide bonds. The van der Waals surface area contributed by atoms with E-state index < -0.39 is 0 Å². The smallest absolute Gasteiger partial charge is 0.148 e. The summed E-state index contributed by atoms with van der Waals surface area (Å²) in [4.78, 5) is 0. The van der Waals surface area contributed by atoms with Crippen molar-refractivity contribution in [2.45, 2.75) is 32.1 Å². The second kappa shape index (κ2) is 7.44. The fourth-order valence-electron chi connectivity index (χ4n) is 1.24. The predicted molar refractivity (Wildman–Crippen MR) is 52.5 cm³/mol. The summed E-state index contributed by atoms with van der Waals surface area (Å²) in [5, 5.41) is 13.6. The van der Waals surface area contributed by atoms with E-state index >= 15 is 0 Å². The van der Waals surface area contributed by atoms with E-state index in [-0.39, 0.29) is 0 Å². The number of nitrogens with one attached hydrogen (secondary N) is 1. The summed E-state index contributed by atoms with van der Waals surface area (Å²) < 4.78 is 5.14. The van der Waals surface area contributed by atoms with Crippen LogP contribution in [0.15, 0.2) is 0 Å². The average Bonchev–Trinajstić information content (AvgIpc) is 2.69. The number of tetrazole rings is 1. The number of hydrogen-bond donors (Lipinski definition) is 1. The summed E-state index contributed by atoms with van der Waals surface area (Å²) in [5.74, 6) is 0.874. The molecular weight excluding hydrogens is 180 g/mol. The maximum Gasteiger partial charge on any atom is 0.148 e. The summed E-state index contributed by atoms with van der Waals surface area (Å²) in [5.41, 5.74) is 0. The van der Waals surface area contributed by atoms with Crippen LogP contribution in [0.1, 0.15) is 31.5 Å². The van der Waals surface area contributed by atoms with E-state index in [1.165, 1.54) is 12.8 Å². The van der Waals surface area contributed by atoms with Gasteiger partial charge in [-0.05, 0) is 30.2 Å². The van der Waals surface area contributed by atoms with Crippen molar-refractivity contribution < 1.29 is 4.74 Å². The first kappa shape index (κ1) is 11.1. The first-order chi connectivity index (χ1) is 6.93. The van der Waals surface area contributed by atoms with E-state index in [4.69, 9.17) is 4.74 Å². The topological polar surface area (TPSA) is 63.7 Å². The summed E-state index contributed by atoms with van der Waals surface area (Å²) in [7, 11) is 0. The molecule has 0 spiro atoms. The second-order valence-corrected chi connectivity index (χ2v) is 3.12. The largest absolute Gasteiger partial charge is 0.381 e. The zero-order valence-corrected chi connectivity index (χ0v) is 8.41. The number of ether oxygens (including phenoxy) is 1. The molecule has 5 heteroatoms. The van der Waals surface area contributed by atoms with Gasteiger partial charge in [0.05, 0.1) is 0 Å². The highest BCUT2D eigenvalue weighted by Gasteiger charge is 1.96. The Hall–Kier alpha value is -0.970. The van der Waals surface area contributed by atoms with E-state index in [1.807, 2.05) is 0 Å². The summed E-state index contributed by atoms with van der Waals surface area (Å²) in [6.07, 6.45) is 5.57. The first-order valence-corrected chi connectivity index (χ1v) is 5.03. The Bertz CT molecular complexity index is 213. The Balaban J connectivity index is 1.85. The Morgan fingerprint density at radius 3 is 2.79 bits per heavy atom. The van der Waals surface area contributed by atoms with Gasteiger partial charge in [-0.1, -0.05) is 12.8 Å². The minimum atomic E-state index is 0.573. The molecular formula is C9H17N4O. The van der Waals surface area contributed by atoms with E-state index in [1.54, 1.807) is 0 Å². The molecule has 1 radical (unpaired) electrons. The maximum absolute atomic E-state index is 5.14. The third-order valence-corrected chi connectivity index (χ3v) is 1.99. The number of aromatic nitrogens is 4. The molecule has 1 rings (SSSR count). The third kappa shape index (κ3) is 4.91. The zero-order valence-electron chi connectivity index (χ0n) is 8.41. The molecule has 0 unspecified atom stereocenters. The SMILES string of the molecule is [CH2]COCCCCCCc1nnn[nH]1. The van der Waals surface area contributed by atoms with Crippen molar-refractivity contribution >= 4 is 0 Å². The van der Waals surface area contributed by atoms with Gasteiger partial charge in [-0.2, -0.15) is 0 Å². The van der Waals surface area contributed by atoms with Crippen molar-refractivity contribution in [1.29, 1.82) is 0 Å². The third-order valence-electron chi connectivity index (χ3n) is 1.99. The lowest BCUT2D eigenvalue weighted by molar-refractivity contribution is 0.156. The van der Waals surface area contributed by atoms with Crippen molar-refractivity contribution in [3.8, 4) is 0 Å². The van der Waals surface area contributed by atoms with Crippen molar-refractivity contribution in [3.05, 3.63) is 12.7 Å². The average molecular weight is 197 g/mol. The van der Waals surface area contributed by atoms with Crippen LogP contribution < -0.4 is 0 Å². The number of rotatable bonds is 8. The van der Waals surface area contributed by atoms with Gasteiger partial charge in [0, 0.05) is 19.6 Å². The van der Waals surface area contributed by atoms with Crippen LogP contribution in [0.5, 0.6) is 0 Å². The Kier molecular flexibility index (Phi) is 5.90. The van der Waals surface area contributed by atoms with Gasteiger partial charge >= 0.3 is 0 Å². The van der Waals surface area contributed by atoms with Crippen molar-refractivity contribution in [3.63, 3.8) is 0 Å². The lowest BCUT2D eigenvalue weighted by Crippen LogP contribution is -1.94. The molecule has 0 aromatic carbocycles. The van der Waals surface area contributed by atoms with Crippen LogP contribution in [0.3, 0.4) is 0 Å². The van der Waals surface area contributed by atoms with Crippen LogP contribution in [-0.4, -0.2) is 33.8 Å². The molecule has 1 heterocycles. The summed E-state index contributed by atoms with van der Waals surface area (Å²) in [6.45, 7) is 5.00. The lowest BCUT2D eigenvalue weighted by Gasteiger charge is -2.00. The number of aryl methyl sites for hydroxylation is 1. The Morgan fingerprint density at radius 2 is 2.07 bits per heavy atom. The van der Waals surface area contributed by atoms with Gasteiger partial charge in [0.25, 0.3) is 0 Å². The molecule has 1 N–H and O–H groups in total. The number of nitrogens with zero attached hydrogens (tertiary/aromatic N) is 3. The molecule has 14 heavy (non-hydrogen) atoms. The van der Waals surface area contributed by atoms with Crippen molar-refractivity contribution in [1.82, 2.24) is 20.6 Å². The van der Waals surface area contributed by atoms with Gasteiger partial charge in [-0.15, -0.1) is 5.10 Å². The van der Waals surface area contributed by atoms with E-state index in [2.05, 4.69) is 27.5 Å². The monoisotopic (exact) mass is 197 g/mol. The molecule has 0 atom stereocenters. The van der Waals surface area contributed by atoms with Crippen LogP contribution in [-0.2, 0) is 11.2 Å². The highest BCUT2D eigenvalue weighted by atomic mass is 16.5. The standard InChI is InChI=1S/C9H17N4O/c1-2-14-8-6-4-3-5-7-9-10-12-13-11-9/h1-8H2,(H,10,11,12,13).